The van der Waals surface area contributed by atoms with E-state index < -0.39 is 0 Å². The van der Waals surface area contributed by atoms with E-state index in [1.807, 2.05) is 5.40 Å². The Balaban J connectivity index is 0. The normalized spacial score (nSPS) is 5.00. The molecule has 0 aliphatic heterocycles. The van der Waals surface area contributed by atoms with Gasteiger partial charge >= 0.3 is 1.43 Å². The summed E-state index contributed by atoms with van der Waals surface area (Å²) in [5, 5.41) is 9.44. The fraction of sp³-hybridized carbons (Fsp3) is 0.500. The van der Waals surface area contributed by atoms with Crippen LogP contribution in [0.15, 0.2) is 0 Å². The second-order valence-corrected chi connectivity index (χ2v) is 0.886. The molecule has 0 aromatic carbocycles. The van der Waals surface area contributed by atoms with Crippen molar-refractivity contribution in [3.05, 3.63) is 0 Å². The number of hydrogen-bond acceptors (Lipinski definition) is 2. The summed E-state index contributed by atoms with van der Waals surface area (Å²) in [6.45, 7) is 0. The number of nitrogens with zero attached hydrogens (tertiary/aromatic N) is 1. The standard InChI is InChI=1S/C2H3NS/c1-4-2-3/h1H3/p+1. The molecular weight excluding hydrogens is 70.1 g/mol. The SMILES string of the molecule is CSC#N.[H+]. The molecule has 0 N–H and O–H groups in total. The van der Waals surface area contributed by atoms with Crippen molar-refractivity contribution in [1.29, 1.82) is 5.26 Å². The van der Waals surface area contributed by atoms with Gasteiger partial charge in [-0.3, -0.25) is 0 Å². The predicted octanol–water partition coefficient (Wildman–Crippen LogP) is 0.943. The quantitative estimate of drug-likeness (QED) is 0.399. The fourth-order valence-electron chi connectivity index (χ4n) is 0. The predicted molar refractivity (Wildman–Crippen MR) is 20.2 cm³/mol. The highest BCUT2D eigenvalue weighted by Gasteiger charge is 1.49. The third-order valence-corrected chi connectivity index (χ3v) is 0.274. The van der Waals surface area contributed by atoms with Crippen molar-refractivity contribution in [2.24, 2.45) is 0 Å². The molecule has 2 heteroatoms. The summed E-state index contributed by atoms with van der Waals surface area (Å²) in [4.78, 5) is 0. The molecule has 0 aromatic heterocycles. The third kappa shape index (κ3) is 1.84. The lowest BCUT2D eigenvalue weighted by molar-refractivity contribution is 1.57. The number of thioether (sulfide) groups is 1. The van der Waals surface area contributed by atoms with Crippen molar-refractivity contribution >= 4 is 11.8 Å². The summed E-state index contributed by atoms with van der Waals surface area (Å²) in [5.74, 6) is 0. The molecule has 0 radical (unpaired) electrons. The van der Waals surface area contributed by atoms with E-state index in [1.165, 1.54) is 0 Å². The maximum absolute atomic E-state index is 7.59. The first-order valence-electron chi connectivity index (χ1n) is 0.836. The van der Waals surface area contributed by atoms with Crippen LogP contribution in [0, 0.1) is 10.7 Å². The summed E-state index contributed by atoms with van der Waals surface area (Å²) in [7, 11) is 0. The van der Waals surface area contributed by atoms with Gasteiger partial charge in [-0.25, -0.2) is 0 Å². The highest BCUT2D eigenvalue weighted by molar-refractivity contribution is 8.03. The lowest BCUT2D eigenvalue weighted by atomic mass is 11.8. The summed E-state index contributed by atoms with van der Waals surface area (Å²) >= 11 is 1.16. The Bertz CT molecular complexity index is 39.4. The van der Waals surface area contributed by atoms with Gasteiger partial charge in [-0.1, -0.05) is 0 Å². The van der Waals surface area contributed by atoms with Gasteiger partial charge < -0.3 is 0 Å². The van der Waals surface area contributed by atoms with Crippen LogP contribution in [-0.2, 0) is 0 Å². The molecule has 0 unspecified atom stereocenters. The van der Waals surface area contributed by atoms with Crippen LogP contribution in [0.1, 0.15) is 1.43 Å². The molecule has 1 nitrogen and oxygen atoms in total. The third-order valence-electron chi connectivity index (χ3n) is 0.0913. The molecule has 0 bridgehead atoms. The fourth-order valence-corrected chi connectivity index (χ4v) is 0. The van der Waals surface area contributed by atoms with Gasteiger partial charge in [0.25, 0.3) is 0 Å². The summed E-state index contributed by atoms with van der Waals surface area (Å²) in [6.07, 6.45) is 1.74. The van der Waals surface area contributed by atoms with Crippen molar-refractivity contribution in [3.8, 4) is 5.40 Å². The zero-order valence-corrected chi connectivity index (χ0v) is 3.17. The highest BCUT2D eigenvalue weighted by Crippen LogP contribution is 1.78. The smallest absolute Gasteiger partial charge is 0.185 e. The first-order chi connectivity index (χ1) is 1.91. The van der Waals surface area contributed by atoms with Crippen LogP contribution < -0.4 is 0 Å². The van der Waals surface area contributed by atoms with E-state index in [0.29, 0.717) is 0 Å². The van der Waals surface area contributed by atoms with Gasteiger partial charge in [0, 0.05) is 0 Å². The van der Waals surface area contributed by atoms with E-state index in [-0.39, 0.29) is 1.43 Å². The minimum atomic E-state index is 0. The van der Waals surface area contributed by atoms with E-state index in [1.54, 1.807) is 6.26 Å². The lowest BCUT2D eigenvalue weighted by Crippen LogP contribution is -1.27. The second kappa shape index (κ2) is 2.84. The molecule has 0 fully saturated rings. The van der Waals surface area contributed by atoms with Gasteiger partial charge in [0.1, 0.15) is 5.40 Å². The Morgan fingerprint density at radius 3 is 2.50 bits per heavy atom. The monoisotopic (exact) mass is 74.0 g/mol. The maximum Gasteiger partial charge on any atom is 1.00 e. The van der Waals surface area contributed by atoms with E-state index in [9.17, 15) is 0 Å². The van der Waals surface area contributed by atoms with E-state index in [4.69, 9.17) is 5.26 Å². The van der Waals surface area contributed by atoms with Crippen LogP contribution in [0.25, 0.3) is 0 Å². The molecule has 0 atom stereocenters. The average Bonchev–Trinajstić information content (AvgIpc) is 1.37. The number of rotatable bonds is 0. The van der Waals surface area contributed by atoms with Crippen molar-refractivity contribution in [1.82, 2.24) is 0 Å². The van der Waals surface area contributed by atoms with Crippen LogP contribution >= 0.6 is 11.8 Å². The van der Waals surface area contributed by atoms with Crippen LogP contribution in [-0.4, -0.2) is 6.26 Å². The van der Waals surface area contributed by atoms with Gasteiger partial charge in [-0.15, -0.1) is 0 Å². The van der Waals surface area contributed by atoms with Crippen molar-refractivity contribution in [2.45, 2.75) is 0 Å². The zero-order valence-electron chi connectivity index (χ0n) is 3.36. The molecule has 0 saturated heterocycles. The van der Waals surface area contributed by atoms with Crippen LogP contribution in [0.4, 0.5) is 0 Å². The molecule has 0 saturated carbocycles. The Hall–Kier alpha value is -0.160. The Morgan fingerprint density at radius 1 is 2.25 bits per heavy atom. The molecule has 0 spiro atoms. The Kier molecular flexibility index (Phi) is 2.73. The highest BCUT2D eigenvalue weighted by atomic mass is 32.2. The van der Waals surface area contributed by atoms with E-state index >= 15 is 0 Å². The molecular formula is C2H4NS+. The van der Waals surface area contributed by atoms with Gasteiger partial charge in [-0.05, 0) is 18.0 Å². The largest absolute Gasteiger partial charge is 1.00 e. The Morgan fingerprint density at radius 2 is 2.50 bits per heavy atom. The molecule has 0 amide bonds. The summed E-state index contributed by atoms with van der Waals surface area (Å²) in [5.41, 5.74) is 0. The number of thiocyanates is 1. The Labute approximate surface area is 31.1 Å². The number of nitriles is 1. The van der Waals surface area contributed by atoms with Crippen LogP contribution in [0.2, 0.25) is 0 Å². The summed E-state index contributed by atoms with van der Waals surface area (Å²) in [6, 6.07) is 0. The summed E-state index contributed by atoms with van der Waals surface area (Å²) < 4.78 is 0. The van der Waals surface area contributed by atoms with Crippen molar-refractivity contribution in [2.75, 3.05) is 6.26 Å². The number of hydrogen-bond donors (Lipinski definition) is 0. The minimum absolute atomic E-state index is 0. The van der Waals surface area contributed by atoms with E-state index in [2.05, 4.69) is 0 Å². The van der Waals surface area contributed by atoms with Gasteiger partial charge in [0.15, 0.2) is 0 Å². The van der Waals surface area contributed by atoms with E-state index in [0.717, 1.165) is 11.8 Å². The minimum Gasteiger partial charge on any atom is -0.185 e. The maximum atomic E-state index is 7.59. The van der Waals surface area contributed by atoms with Gasteiger partial charge in [0.2, 0.25) is 0 Å². The first kappa shape index (κ1) is 3.84. The van der Waals surface area contributed by atoms with Crippen LogP contribution in [0.3, 0.4) is 0 Å². The molecule has 4 heavy (non-hydrogen) atoms. The molecule has 0 rings (SSSR count). The molecule has 0 heterocycles. The molecule has 0 aromatic rings. The average molecular weight is 74.1 g/mol. The van der Waals surface area contributed by atoms with Gasteiger partial charge in [0.05, 0.1) is 0 Å². The van der Waals surface area contributed by atoms with Crippen LogP contribution in [0.5, 0.6) is 0 Å². The molecule has 0 aliphatic rings. The second-order valence-electron chi connectivity index (χ2n) is 0.295. The van der Waals surface area contributed by atoms with Gasteiger partial charge in [-0.2, -0.15) is 5.26 Å². The molecule has 0 aliphatic carbocycles. The topological polar surface area (TPSA) is 23.8 Å². The lowest BCUT2D eigenvalue weighted by Gasteiger charge is -1.47. The zero-order chi connectivity index (χ0) is 3.41. The van der Waals surface area contributed by atoms with Crippen molar-refractivity contribution < 1.29 is 1.43 Å². The molecule has 22 valence electrons. The first-order valence-corrected chi connectivity index (χ1v) is 2.06. The van der Waals surface area contributed by atoms with Crippen molar-refractivity contribution in [3.63, 3.8) is 0 Å².